The largest absolute Gasteiger partial charge is 0.327 e. The van der Waals surface area contributed by atoms with Crippen molar-refractivity contribution in [3.8, 4) is 0 Å². The van der Waals surface area contributed by atoms with Gasteiger partial charge in [-0.25, -0.2) is 0 Å². The van der Waals surface area contributed by atoms with Crippen LogP contribution in [0.3, 0.4) is 0 Å². The van der Waals surface area contributed by atoms with Gasteiger partial charge >= 0.3 is 0 Å². The Hall–Kier alpha value is -0.640. The van der Waals surface area contributed by atoms with Gasteiger partial charge in [0.25, 0.3) is 0 Å². The number of halogens is 2. The molecule has 1 atom stereocenters. The fraction of sp³-hybridized carbons (Fsp3) is 0.308. The van der Waals surface area contributed by atoms with Crippen LogP contribution in [-0.4, -0.2) is 11.0 Å². The van der Waals surface area contributed by atoms with E-state index in [4.69, 9.17) is 5.73 Å². The van der Waals surface area contributed by atoms with Crippen LogP contribution >= 0.6 is 28.3 Å². The molecule has 0 aliphatic heterocycles. The third kappa shape index (κ3) is 3.18. The van der Waals surface area contributed by atoms with Gasteiger partial charge in [-0.15, -0.1) is 12.4 Å². The first kappa shape index (κ1) is 14.4. The molecule has 0 radical (unpaired) electrons. The first-order valence-corrected chi connectivity index (χ1v) is 6.29. The third-order valence-electron chi connectivity index (χ3n) is 2.81. The molecule has 1 unspecified atom stereocenters. The van der Waals surface area contributed by atoms with Gasteiger partial charge in [-0.1, -0.05) is 35.0 Å². The van der Waals surface area contributed by atoms with Crippen molar-refractivity contribution in [3.63, 3.8) is 0 Å². The molecule has 2 rings (SSSR count). The van der Waals surface area contributed by atoms with Crippen LogP contribution in [0.5, 0.6) is 0 Å². The van der Waals surface area contributed by atoms with Crippen molar-refractivity contribution < 1.29 is 0 Å². The Bertz CT molecular complexity index is 502. The molecule has 0 saturated heterocycles. The van der Waals surface area contributed by atoms with Crippen LogP contribution in [0.25, 0.3) is 10.9 Å². The molecule has 0 aliphatic carbocycles. The third-order valence-corrected chi connectivity index (χ3v) is 3.50. The van der Waals surface area contributed by atoms with Crippen LogP contribution in [-0.2, 0) is 6.42 Å². The Balaban J connectivity index is 0.00000144. The Morgan fingerprint density at radius 2 is 2.12 bits per heavy atom. The SMILES string of the molecule is CCC(N)Cc1ccc(Br)c2cccnc12.Cl. The molecule has 4 heteroatoms. The summed E-state index contributed by atoms with van der Waals surface area (Å²) in [6.45, 7) is 2.11. The smallest absolute Gasteiger partial charge is 0.0745 e. The fourth-order valence-electron chi connectivity index (χ4n) is 1.79. The van der Waals surface area contributed by atoms with Crippen LogP contribution in [0.1, 0.15) is 18.9 Å². The van der Waals surface area contributed by atoms with Crippen molar-refractivity contribution >= 4 is 39.2 Å². The molecule has 92 valence electrons. The summed E-state index contributed by atoms with van der Waals surface area (Å²) in [6, 6.07) is 8.42. The maximum Gasteiger partial charge on any atom is 0.0745 e. The van der Waals surface area contributed by atoms with Gasteiger partial charge in [0.2, 0.25) is 0 Å². The van der Waals surface area contributed by atoms with E-state index in [2.05, 4.69) is 46.0 Å². The second-order valence-electron chi connectivity index (χ2n) is 3.98. The van der Waals surface area contributed by atoms with E-state index in [9.17, 15) is 0 Å². The van der Waals surface area contributed by atoms with E-state index < -0.39 is 0 Å². The molecule has 0 fully saturated rings. The van der Waals surface area contributed by atoms with Gasteiger partial charge in [-0.05, 0) is 30.5 Å². The van der Waals surface area contributed by atoms with E-state index in [0.29, 0.717) is 0 Å². The minimum absolute atomic E-state index is 0. The first-order valence-electron chi connectivity index (χ1n) is 5.50. The minimum atomic E-state index is 0. The van der Waals surface area contributed by atoms with E-state index in [1.807, 2.05) is 12.3 Å². The summed E-state index contributed by atoms with van der Waals surface area (Å²) >= 11 is 3.54. The summed E-state index contributed by atoms with van der Waals surface area (Å²) in [7, 11) is 0. The predicted molar refractivity (Wildman–Crippen MR) is 78.7 cm³/mol. The Morgan fingerprint density at radius 3 is 2.82 bits per heavy atom. The molecule has 0 saturated carbocycles. The lowest BCUT2D eigenvalue weighted by molar-refractivity contribution is 0.648. The number of benzene rings is 1. The van der Waals surface area contributed by atoms with E-state index >= 15 is 0 Å². The quantitative estimate of drug-likeness (QED) is 0.938. The topological polar surface area (TPSA) is 38.9 Å². The lowest BCUT2D eigenvalue weighted by atomic mass is 10.0. The molecule has 1 aromatic carbocycles. The van der Waals surface area contributed by atoms with Crippen molar-refractivity contribution in [1.82, 2.24) is 4.98 Å². The summed E-state index contributed by atoms with van der Waals surface area (Å²) in [4.78, 5) is 4.44. The van der Waals surface area contributed by atoms with Crippen molar-refractivity contribution in [3.05, 3.63) is 40.5 Å². The van der Waals surface area contributed by atoms with Gasteiger partial charge in [0, 0.05) is 22.1 Å². The predicted octanol–water partition coefficient (Wildman–Crippen LogP) is 3.70. The molecule has 2 aromatic rings. The molecule has 0 amide bonds. The lowest BCUT2D eigenvalue weighted by Crippen LogP contribution is -2.21. The average molecular weight is 316 g/mol. The standard InChI is InChI=1S/C13H15BrN2.ClH/c1-2-10(15)8-9-5-6-12(14)11-4-3-7-16-13(9)11;/h3-7,10H,2,8,15H2,1H3;1H. The number of nitrogens with zero attached hydrogens (tertiary/aromatic N) is 1. The molecule has 1 aromatic heterocycles. The maximum atomic E-state index is 5.99. The van der Waals surface area contributed by atoms with Gasteiger partial charge in [-0.2, -0.15) is 0 Å². The van der Waals surface area contributed by atoms with Crippen LogP contribution in [0, 0.1) is 0 Å². The highest BCUT2D eigenvalue weighted by molar-refractivity contribution is 9.10. The monoisotopic (exact) mass is 314 g/mol. The highest BCUT2D eigenvalue weighted by Crippen LogP contribution is 2.25. The van der Waals surface area contributed by atoms with Gasteiger partial charge in [0.05, 0.1) is 5.52 Å². The number of nitrogens with two attached hydrogens (primary N) is 1. The van der Waals surface area contributed by atoms with E-state index in [1.165, 1.54) is 5.56 Å². The molecule has 0 aliphatic rings. The van der Waals surface area contributed by atoms with Crippen LogP contribution in [0.2, 0.25) is 0 Å². The Kier molecular flexibility index (Phi) is 5.37. The number of fused-ring (bicyclic) bond motifs is 1. The van der Waals surface area contributed by atoms with Gasteiger partial charge in [-0.3, -0.25) is 4.98 Å². The Labute approximate surface area is 116 Å². The highest BCUT2D eigenvalue weighted by Gasteiger charge is 2.08. The molecule has 2 N–H and O–H groups in total. The summed E-state index contributed by atoms with van der Waals surface area (Å²) < 4.78 is 1.09. The number of pyridine rings is 1. The van der Waals surface area contributed by atoms with Gasteiger partial charge in [0.15, 0.2) is 0 Å². The normalized spacial score (nSPS) is 12.2. The van der Waals surface area contributed by atoms with Crippen LogP contribution < -0.4 is 5.73 Å². The second kappa shape index (κ2) is 6.34. The molecular formula is C13H16BrClN2. The second-order valence-corrected chi connectivity index (χ2v) is 4.83. The number of hydrogen-bond donors (Lipinski definition) is 1. The molecule has 1 heterocycles. The number of rotatable bonds is 3. The van der Waals surface area contributed by atoms with E-state index in [0.717, 1.165) is 28.2 Å². The van der Waals surface area contributed by atoms with E-state index in [-0.39, 0.29) is 18.4 Å². The maximum absolute atomic E-state index is 5.99. The van der Waals surface area contributed by atoms with Crippen molar-refractivity contribution in [2.75, 3.05) is 0 Å². The molecule has 17 heavy (non-hydrogen) atoms. The lowest BCUT2D eigenvalue weighted by Gasteiger charge is -2.11. The van der Waals surface area contributed by atoms with E-state index in [1.54, 1.807) is 0 Å². The zero-order valence-electron chi connectivity index (χ0n) is 9.69. The van der Waals surface area contributed by atoms with Crippen molar-refractivity contribution in [1.29, 1.82) is 0 Å². The molecular weight excluding hydrogens is 300 g/mol. The fourth-order valence-corrected chi connectivity index (χ4v) is 2.24. The minimum Gasteiger partial charge on any atom is -0.327 e. The summed E-state index contributed by atoms with van der Waals surface area (Å²) in [5.74, 6) is 0. The Morgan fingerprint density at radius 1 is 1.35 bits per heavy atom. The van der Waals surface area contributed by atoms with Gasteiger partial charge in [0.1, 0.15) is 0 Å². The molecule has 0 bridgehead atoms. The summed E-state index contributed by atoms with van der Waals surface area (Å²) in [5.41, 5.74) is 8.28. The molecule has 0 spiro atoms. The van der Waals surface area contributed by atoms with Crippen molar-refractivity contribution in [2.24, 2.45) is 5.73 Å². The first-order chi connectivity index (χ1) is 7.72. The van der Waals surface area contributed by atoms with Gasteiger partial charge < -0.3 is 5.73 Å². The number of aromatic nitrogens is 1. The zero-order valence-corrected chi connectivity index (χ0v) is 12.1. The van der Waals surface area contributed by atoms with Crippen LogP contribution in [0.15, 0.2) is 34.9 Å². The highest BCUT2D eigenvalue weighted by atomic mass is 79.9. The van der Waals surface area contributed by atoms with Crippen LogP contribution in [0.4, 0.5) is 0 Å². The summed E-state index contributed by atoms with van der Waals surface area (Å²) in [5, 5.41) is 1.16. The zero-order chi connectivity index (χ0) is 11.5. The molecule has 2 nitrogen and oxygen atoms in total. The number of hydrogen-bond acceptors (Lipinski definition) is 2. The average Bonchev–Trinajstić information content (AvgIpc) is 2.33. The summed E-state index contributed by atoms with van der Waals surface area (Å²) in [6.07, 6.45) is 3.71. The van der Waals surface area contributed by atoms with Crippen molar-refractivity contribution in [2.45, 2.75) is 25.8 Å².